The van der Waals surface area contributed by atoms with Gasteiger partial charge < -0.3 is 10.1 Å². The Kier molecular flexibility index (Phi) is 5.40. The van der Waals surface area contributed by atoms with Crippen LogP contribution in [0.2, 0.25) is 0 Å². The lowest BCUT2D eigenvalue weighted by Gasteiger charge is -2.29. The first-order valence-electron chi connectivity index (χ1n) is 7.80. The number of ether oxygens (including phenoxy) is 1. The summed E-state index contributed by atoms with van der Waals surface area (Å²) >= 11 is 0. The van der Waals surface area contributed by atoms with Crippen LogP contribution in [0.3, 0.4) is 0 Å². The fourth-order valence-corrected chi connectivity index (χ4v) is 2.62. The SMILES string of the molecule is CC(C)(C)OC(=O)NCCCN1CCc2c(F)cccc2C1. The van der Waals surface area contributed by atoms with E-state index in [1.165, 1.54) is 6.07 Å². The molecule has 0 atom stereocenters. The smallest absolute Gasteiger partial charge is 0.407 e. The van der Waals surface area contributed by atoms with E-state index >= 15 is 0 Å². The minimum Gasteiger partial charge on any atom is -0.444 e. The summed E-state index contributed by atoms with van der Waals surface area (Å²) in [6.45, 7) is 8.64. The largest absolute Gasteiger partial charge is 0.444 e. The number of nitrogens with one attached hydrogen (secondary N) is 1. The third kappa shape index (κ3) is 4.98. The number of nitrogens with zero attached hydrogens (tertiary/aromatic N) is 1. The number of rotatable bonds is 4. The molecule has 0 fully saturated rings. The second kappa shape index (κ2) is 7.09. The molecule has 1 aromatic carbocycles. The maximum absolute atomic E-state index is 13.6. The van der Waals surface area contributed by atoms with Gasteiger partial charge in [0.1, 0.15) is 11.4 Å². The molecule has 5 heteroatoms. The molecule has 4 nitrogen and oxygen atoms in total. The molecule has 1 amide bonds. The van der Waals surface area contributed by atoms with E-state index in [1.54, 1.807) is 6.07 Å². The molecule has 0 saturated heterocycles. The summed E-state index contributed by atoms with van der Waals surface area (Å²) in [6.07, 6.45) is 1.23. The van der Waals surface area contributed by atoms with Gasteiger partial charge in [0.15, 0.2) is 0 Å². The van der Waals surface area contributed by atoms with Gasteiger partial charge >= 0.3 is 6.09 Å². The highest BCUT2D eigenvalue weighted by Crippen LogP contribution is 2.21. The van der Waals surface area contributed by atoms with E-state index in [-0.39, 0.29) is 11.9 Å². The van der Waals surface area contributed by atoms with E-state index in [2.05, 4.69) is 10.2 Å². The minimum absolute atomic E-state index is 0.0938. The number of alkyl carbamates (subject to hydrolysis) is 1. The number of carbonyl (C=O) groups is 1. The van der Waals surface area contributed by atoms with Gasteiger partial charge in [-0.15, -0.1) is 0 Å². The summed E-state index contributed by atoms with van der Waals surface area (Å²) in [6, 6.07) is 5.28. The standard InChI is InChI=1S/C17H25FN2O2/c1-17(2,3)22-16(21)19-9-5-10-20-11-8-14-13(12-20)6-4-7-15(14)18/h4,6-7H,5,8-12H2,1-3H3,(H,19,21). The predicted octanol–water partition coefficient (Wildman–Crippen LogP) is 3.10. The van der Waals surface area contributed by atoms with Crippen LogP contribution in [0.15, 0.2) is 18.2 Å². The molecule has 22 heavy (non-hydrogen) atoms. The van der Waals surface area contributed by atoms with Crippen molar-refractivity contribution in [2.24, 2.45) is 0 Å². The van der Waals surface area contributed by atoms with Crippen molar-refractivity contribution in [3.05, 3.63) is 35.1 Å². The number of hydrogen-bond acceptors (Lipinski definition) is 3. The van der Waals surface area contributed by atoms with Gasteiger partial charge in [-0.05, 0) is 50.8 Å². The van der Waals surface area contributed by atoms with Crippen molar-refractivity contribution in [1.82, 2.24) is 10.2 Å². The van der Waals surface area contributed by atoms with Crippen LogP contribution in [-0.2, 0) is 17.7 Å². The maximum Gasteiger partial charge on any atom is 0.407 e. The highest BCUT2D eigenvalue weighted by molar-refractivity contribution is 5.67. The van der Waals surface area contributed by atoms with Crippen molar-refractivity contribution in [2.45, 2.75) is 45.8 Å². The van der Waals surface area contributed by atoms with E-state index in [0.29, 0.717) is 6.54 Å². The number of hydrogen-bond donors (Lipinski definition) is 1. The molecule has 0 aromatic heterocycles. The van der Waals surface area contributed by atoms with Crippen molar-refractivity contribution >= 4 is 6.09 Å². The van der Waals surface area contributed by atoms with Gasteiger partial charge in [-0.1, -0.05) is 12.1 Å². The highest BCUT2D eigenvalue weighted by atomic mass is 19.1. The fraction of sp³-hybridized carbons (Fsp3) is 0.588. The number of fused-ring (bicyclic) bond motifs is 1. The van der Waals surface area contributed by atoms with Crippen molar-refractivity contribution < 1.29 is 13.9 Å². The Morgan fingerprint density at radius 2 is 2.18 bits per heavy atom. The molecule has 0 bridgehead atoms. The van der Waals surface area contributed by atoms with Gasteiger partial charge in [0.25, 0.3) is 0 Å². The molecule has 1 aliphatic rings. The van der Waals surface area contributed by atoms with Gasteiger partial charge in [-0.2, -0.15) is 0 Å². The van der Waals surface area contributed by atoms with Gasteiger partial charge in [-0.3, -0.25) is 4.90 Å². The first kappa shape index (κ1) is 16.7. The summed E-state index contributed by atoms with van der Waals surface area (Å²) in [4.78, 5) is 13.8. The Balaban J connectivity index is 1.70. The van der Waals surface area contributed by atoms with Gasteiger partial charge in [-0.25, -0.2) is 9.18 Å². The monoisotopic (exact) mass is 308 g/mol. The molecule has 1 N–H and O–H groups in total. The van der Waals surface area contributed by atoms with Crippen molar-refractivity contribution in [1.29, 1.82) is 0 Å². The van der Waals surface area contributed by atoms with Crippen molar-refractivity contribution in [3.8, 4) is 0 Å². The Morgan fingerprint density at radius 3 is 2.91 bits per heavy atom. The van der Waals surface area contributed by atoms with Crippen LogP contribution in [0.5, 0.6) is 0 Å². The molecule has 0 unspecified atom stereocenters. The van der Waals surface area contributed by atoms with Gasteiger partial charge in [0, 0.05) is 26.2 Å². The maximum atomic E-state index is 13.6. The molecule has 0 spiro atoms. The van der Waals surface area contributed by atoms with Crippen LogP contribution in [-0.4, -0.2) is 36.2 Å². The zero-order valence-corrected chi connectivity index (χ0v) is 13.6. The number of carbonyl (C=O) groups excluding carboxylic acids is 1. The molecule has 0 radical (unpaired) electrons. The molecule has 1 aromatic rings. The molecular weight excluding hydrogens is 283 g/mol. The van der Waals surface area contributed by atoms with Crippen LogP contribution in [0.1, 0.15) is 38.3 Å². The second-order valence-electron chi connectivity index (χ2n) is 6.69. The lowest BCUT2D eigenvalue weighted by Crippen LogP contribution is -2.36. The molecule has 2 rings (SSSR count). The minimum atomic E-state index is -0.468. The zero-order chi connectivity index (χ0) is 16.2. The van der Waals surface area contributed by atoms with Crippen LogP contribution < -0.4 is 5.32 Å². The summed E-state index contributed by atoms with van der Waals surface area (Å²) in [5, 5.41) is 2.76. The summed E-state index contributed by atoms with van der Waals surface area (Å²) < 4.78 is 18.8. The van der Waals surface area contributed by atoms with Gasteiger partial charge in [0.05, 0.1) is 0 Å². The average molecular weight is 308 g/mol. The quantitative estimate of drug-likeness (QED) is 0.869. The molecule has 0 saturated carbocycles. The summed E-state index contributed by atoms with van der Waals surface area (Å²) in [5.41, 5.74) is 1.46. The number of halogens is 1. The topological polar surface area (TPSA) is 41.6 Å². The number of benzene rings is 1. The van der Waals surface area contributed by atoms with Gasteiger partial charge in [0.2, 0.25) is 0 Å². The molecule has 0 aliphatic carbocycles. The molecule has 1 aliphatic heterocycles. The normalized spacial score (nSPS) is 15.3. The number of amides is 1. The van der Waals surface area contributed by atoms with E-state index in [4.69, 9.17) is 4.74 Å². The zero-order valence-electron chi connectivity index (χ0n) is 13.6. The van der Waals surface area contributed by atoms with Crippen molar-refractivity contribution in [3.63, 3.8) is 0 Å². The highest BCUT2D eigenvalue weighted by Gasteiger charge is 2.19. The Labute approximate surface area is 131 Å². The lowest BCUT2D eigenvalue weighted by atomic mass is 9.99. The Hall–Kier alpha value is -1.62. The first-order chi connectivity index (χ1) is 10.3. The average Bonchev–Trinajstić information content (AvgIpc) is 2.42. The van der Waals surface area contributed by atoms with Crippen LogP contribution >= 0.6 is 0 Å². The molecule has 1 heterocycles. The third-order valence-electron chi connectivity index (χ3n) is 3.61. The third-order valence-corrected chi connectivity index (χ3v) is 3.61. The fourth-order valence-electron chi connectivity index (χ4n) is 2.62. The van der Waals surface area contributed by atoms with Crippen LogP contribution in [0, 0.1) is 5.82 Å². The van der Waals surface area contributed by atoms with Crippen LogP contribution in [0.4, 0.5) is 9.18 Å². The lowest BCUT2D eigenvalue weighted by molar-refractivity contribution is 0.0525. The Bertz CT molecular complexity index is 526. The first-order valence-corrected chi connectivity index (χ1v) is 7.80. The van der Waals surface area contributed by atoms with E-state index in [9.17, 15) is 9.18 Å². The molecule has 122 valence electrons. The van der Waals surface area contributed by atoms with E-state index < -0.39 is 5.60 Å². The summed E-state index contributed by atoms with van der Waals surface area (Å²) in [7, 11) is 0. The Morgan fingerprint density at radius 1 is 1.41 bits per heavy atom. The second-order valence-corrected chi connectivity index (χ2v) is 6.69. The van der Waals surface area contributed by atoms with E-state index in [0.717, 1.165) is 43.6 Å². The molecular formula is C17H25FN2O2. The predicted molar refractivity (Wildman–Crippen MR) is 84.2 cm³/mol. The summed E-state index contributed by atoms with van der Waals surface area (Å²) in [5.74, 6) is -0.0938. The van der Waals surface area contributed by atoms with Crippen molar-refractivity contribution in [2.75, 3.05) is 19.6 Å². The van der Waals surface area contributed by atoms with Crippen LogP contribution in [0.25, 0.3) is 0 Å². The van der Waals surface area contributed by atoms with E-state index in [1.807, 2.05) is 26.8 Å².